The summed E-state index contributed by atoms with van der Waals surface area (Å²) in [5.74, 6) is 0.613. The predicted molar refractivity (Wildman–Crippen MR) is 160 cm³/mol. The number of hydrogen-bond acceptors (Lipinski definition) is 3. The highest BCUT2D eigenvalue weighted by Crippen LogP contribution is 2.46. The van der Waals surface area contributed by atoms with Crippen molar-refractivity contribution >= 4 is 44.6 Å². The van der Waals surface area contributed by atoms with Crippen LogP contribution in [-0.2, 0) is 8.27 Å². The Kier molecular flexibility index (Phi) is 6.26. The van der Waals surface area contributed by atoms with Crippen LogP contribution >= 0.6 is 14.8 Å². The molecule has 0 spiro atoms. The molecule has 0 radical (unpaired) electrons. The Morgan fingerprint density at radius 3 is 1.55 bits per heavy atom. The lowest BCUT2D eigenvalue weighted by Gasteiger charge is -2.18. The van der Waals surface area contributed by atoms with Crippen LogP contribution in [0.2, 0.25) is 0 Å². The molecule has 6 aromatic carbocycles. The van der Waals surface area contributed by atoms with Crippen LogP contribution in [0.1, 0.15) is 0 Å². The van der Waals surface area contributed by atoms with Gasteiger partial charge in [-0.05, 0) is 68.1 Å². The third-order valence-corrected chi connectivity index (χ3v) is 8.82. The largest absolute Gasteiger partial charge is 0.496 e. The third-order valence-electron chi connectivity index (χ3n) is 6.91. The standard InChI is InChI=1S/C33H23BrO3S/c1-37-30-18-14-26-20-24(22-8-4-2-5-9-22)12-16-28(26)32(30)33-29-17-13-25(23-10-6-3-7-11-23)21-27(29)15-19-31(33)38(34,35)36/h2-21H,1H3. The molecule has 0 saturated heterocycles. The van der Waals surface area contributed by atoms with Crippen molar-refractivity contribution in [3.05, 3.63) is 121 Å². The first-order valence-corrected chi connectivity index (χ1v) is 15.5. The van der Waals surface area contributed by atoms with Gasteiger partial charge in [-0.1, -0.05) is 97.1 Å². The first-order valence-electron chi connectivity index (χ1n) is 12.2. The van der Waals surface area contributed by atoms with Gasteiger partial charge in [0.1, 0.15) is 5.75 Å². The number of hydrogen-bond donors (Lipinski definition) is 0. The zero-order valence-electron chi connectivity index (χ0n) is 20.6. The van der Waals surface area contributed by atoms with Crippen LogP contribution in [0.15, 0.2) is 126 Å². The molecule has 0 amide bonds. The molecule has 0 saturated carbocycles. The Hall–Kier alpha value is -3.93. The molecule has 0 fully saturated rings. The van der Waals surface area contributed by atoms with E-state index in [0.29, 0.717) is 11.3 Å². The molecule has 0 atom stereocenters. The highest BCUT2D eigenvalue weighted by atomic mass is 79.9. The maximum atomic E-state index is 13.0. The molecule has 6 rings (SSSR count). The van der Waals surface area contributed by atoms with E-state index < -0.39 is 8.27 Å². The molecule has 0 N–H and O–H groups in total. The summed E-state index contributed by atoms with van der Waals surface area (Å²) >= 11 is 2.96. The number of methoxy groups -OCH3 is 1. The van der Waals surface area contributed by atoms with Crippen molar-refractivity contribution in [2.24, 2.45) is 0 Å². The zero-order valence-corrected chi connectivity index (χ0v) is 23.0. The Bertz CT molecular complexity index is 1920. The topological polar surface area (TPSA) is 43.4 Å². The van der Waals surface area contributed by atoms with E-state index in [-0.39, 0.29) is 4.90 Å². The van der Waals surface area contributed by atoms with Gasteiger partial charge in [-0.3, -0.25) is 0 Å². The van der Waals surface area contributed by atoms with Gasteiger partial charge in [0.05, 0.1) is 26.8 Å². The molecular weight excluding hydrogens is 556 g/mol. The Balaban J connectivity index is 1.66. The van der Waals surface area contributed by atoms with Crippen molar-refractivity contribution in [1.82, 2.24) is 0 Å². The second kappa shape index (κ2) is 9.75. The van der Waals surface area contributed by atoms with Crippen molar-refractivity contribution in [3.8, 4) is 39.1 Å². The molecule has 6 aromatic rings. The molecule has 0 bridgehead atoms. The van der Waals surface area contributed by atoms with Crippen LogP contribution in [-0.4, -0.2) is 15.5 Å². The lowest BCUT2D eigenvalue weighted by molar-refractivity contribution is 0.417. The van der Waals surface area contributed by atoms with Crippen LogP contribution in [0.3, 0.4) is 0 Å². The van der Waals surface area contributed by atoms with Crippen LogP contribution in [0, 0.1) is 0 Å². The van der Waals surface area contributed by atoms with Crippen molar-refractivity contribution < 1.29 is 13.2 Å². The predicted octanol–water partition coefficient (Wildman–Crippen LogP) is 9.09. The summed E-state index contributed by atoms with van der Waals surface area (Å²) in [6.07, 6.45) is 0. The van der Waals surface area contributed by atoms with Gasteiger partial charge in [-0.25, -0.2) is 8.42 Å². The van der Waals surface area contributed by atoms with E-state index in [2.05, 4.69) is 63.3 Å². The zero-order chi connectivity index (χ0) is 26.3. The minimum absolute atomic E-state index is 0.204. The summed E-state index contributed by atoms with van der Waals surface area (Å²) in [7, 11) is -2.11. The number of fused-ring (bicyclic) bond motifs is 2. The Morgan fingerprint density at radius 2 is 1.05 bits per heavy atom. The van der Waals surface area contributed by atoms with Gasteiger partial charge in [0, 0.05) is 11.1 Å². The average molecular weight is 580 g/mol. The minimum atomic E-state index is -3.72. The van der Waals surface area contributed by atoms with E-state index >= 15 is 0 Å². The average Bonchev–Trinajstić information content (AvgIpc) is 2.95. The van der Waals surface area contributed by atoms with E-state index in [1.807, 2.05) is 66.7 Å². The number of rotatable bonds is 5. The number of halogens is 1. The van der Waals surface area contributed by atoms with Crippen molar-refractivity contribution in [1.29, 1.82) is 0 Å². The van der Waals surface area contributed by atoms with Crippen LogP contribution in [0.4, 0.5) is 0 Å². The van der Waals surface area contributed by atoms with Crippen molar-refractivity contribution in [2.45, 2.75) is 4.90 Å². The smallest absolute Gasteiger partial charge is 0.238 e. The molecule has 3 nitrogen and oxygen atoms in total. The van der Waals surface area contributed by atoms with Crippen LogP contribution < -0.4 is 4.74 Å². The Labute approximate surface area is 229 Å². The fourth-order valence-corrected chi connectivity index (χ4v) is 6.62. The SMILES string of the molecule is COc1ccc2cc(-c3ccccc3)ccc2c1-c1c(S(=O)(=O)Br)ccc2cc(-c3ccccc3)ccc12. The number of benzene rings is 6. The van der Waals surface area contributed by atoms with Gasteiger partial charge >= 0.3 is 0 Å². The van der Waals surface area contributed by atoms with Crippen molar-refractivity contribution in [2.75, 3.05) is 7.11 Å². The molecule has 0 aliphatic heterocycles. The minimum Gasteiger partial charge on any atom is -0.496 e. The first-order chi connectivity index (χ1) is 18.4. The number of ether oxygens (including phenoxy) is 1. The third kappa shape index (κ3) is 4.38. The maximum absolute atomic E-state index is 13.0. The van der Waals surface area contributed by atoms with Crippen molar-refractivity contribution in [3.63, 3.8) is 0 Å². The molecule has 5 heteroatoms. The van der Waals surface area contributed by atoms with Crippen LogP contribution in [0.25, 0.3) is 54.9 Å². The summed E-state index contributed by atoms with van der Waals surface area (Å²) in [6.45, 7) is 0. The first kappa shape index (κ1) is 24.4. The lowest BCUT2D eigenvalue weighted by Crippen LogP contribution is -1.99. The molecule has 0 aliphatic carbocycles. The normalized spacial score (nSPS) is 11.6. The van der Waals surface area contributed by atoms with E-state index in [1.165, 1.54) is 0 Å². The highest BCUT2D eigenvalue weighted by Gasteiger charge is 2.24. The lowest BCUT2D eigenvalue weighted by atomic mass is 9.90. The second-order valence-corrected chi connectivity index (χ2v) is 13.0. The monoisotopic (exact) mass is 578 g/mol. The molecule has 0 heterocycles. The van der Waals surface area contributed by atoms with Gasteiger partial charge in [-0.2, -0.15) is 0 Å². The fourth-order valence-electron chi connectivity index (χ4n) is 5.13. The quantitative estimate of drug-likeness (QED) is 0.191. The summed E-state index contributed by atoms with van der Waals surface area (Å²) in [5.41, 5.74) is 5.75. The Morgan fingerprint density at radius 1 is 0.553 bits per heavy atom. The molecule has 38 heavy (non-hydrogen) atoms. The summed E-state index contributed by atoms with van der Waals surface area (Å²) in [6, 6.07) is 40.2. The van der Waals surface area contributed by atoms with Gasteiger partial charge in [0.2, 0.25) is 8.27 Å². The van der Waals surface area contributed by atoms with E-state index in [0.717, 1.165) is 49.4 Å². The summed E-state index contributed by atoms with van der Waals surface area (Å²) < 4.78 is 31.8. The van der Waals surface area contributed by atoms with Gasteiger partial charge < -0.3 is 4.74 Å². The molecule has 0 aliphatic rings. The molecule has 0 unspecified atom stereocenters. The van der Waals surface area contributed by atoms with Gasteiger partial charge in [0.25, 0.3) is 0 Å². The van der Waals surface area contributed by atoms with E-state index in [1.54, 1.807) is 13.2 Å². The van der Waals surface area contributed by atoms with E-state index in [9.17, 15) is 8.42 Å². The molecule has 186 valence electrons. The highest BCUT2D eigenvalue weighted by molar-refractivity contribution is 9.47. The fraction of sp³-hybridized carbons (Fsp3) is 0.0303. The summed E-state index contributed by atoms with van der Waals surface area (Å²) in [4.78, 5) is 0.204. The van der Waals surface area contributed by atoms with Crippen LogP contribution in [0.5, 0.6) is 5.75 Å². The molecular formula is C33H23BrO3S. The summed E-state index contributed by atoms with van der Waals surface area (Å²) in [5, 5.41) is 3.70. The van der Waals surface area contributed by atoms with Gasteiger partial charge in [-0.15, -0.1) is 0 Å². The second-order valence-electron chi connectivity index (χ2n) is 9.12. The van der Waals surface area contributed by atoms with Gasteiger partial charge in [0.15, 0.2) is 0 Å². The molecule has 0 aromatic heterocycles. The van der Waals surface area contributed by atoms with E-state index in [4.69, 9.17) is 4.74 Å². The maximum Gasteiger partial charge on any atom is 0.238 e.